The first-order chi connectivity index (χ1) is 20.5. The SMILES string of the molecule is CC(=O)OCc1ccnc(C(C)C)c1-n1c(=O)nc(OC(=O)N2CCN[C@@H](C)C2)c2cc(Cl)c(-c3ccccc3F)nc21. The summed E-state index contributed by atoms with van der Waals surface area (Å²) in [7, 11) is 0. The lowest BCUT2D eigenvalue weighted by atomic mass is 10.0. The minimum atomic E-state index is -0.836. The third kappa shape index (κ3) is 6.20. The standard InChI is InChI=1S/C30H30ClFN6O5/c1-16(2)24-26(19(9-10-34-24)15-42-18(4)39)38-27-21(13-22(31)25(35-27)20-7-5-6-8-23(20)32)28(36-29(38)40)43-30(41)37-12-11-33-17(3)14-37/h5-10,13,16-17,33H,11-12,14-15H2,1-4H3/t17-/m0/s1. The second-order valence-electron chi connectivity index (χ2n) is 10.5. The van der Waals surface area contributed by atoms with Crippen molar-refractivity contribution in [3.05, 3.63) is 75.2 Å². The van der Waals surface area contributed by atoms with Crippen LogP contribution in [0, 0.1) is 5.82 Å². The third-order valence-electron chi connectivity index (χ3n) is 6.96. The van der Waals surface area contributed by atoms with Gasteiger partial charge in [0.1, 0.15) is 12.4 Å². The zero-order valence-electron chi connectivity index (χ0n) is 24.1. The lowest BCUT2D eigenvalue weighted by Gasteiger charge is -2.30. The number of ether oxygens (including phenoxy) is 2. The monoisotopic (exact) mass is 608 g/mol. The van der Waals surface area contributed by atoms with Gasteiger partial charge in [0.05, 0.1) is 27.5 Å². The number of halogens is 2. The molecule has 0 unspecified atom stereocenters. The second kappa shape index (κ2) is 12.4. The Bertz CT molecular complexity index is 1780. The number of carbonyl (C=O) groups is 2. The van der Waals surface area contributed by atoms with Gasteiger partial charge in [-0.3, -0.25) is 9.78 Å². The molecule has 5 rings (SSSR count). The highest BCUT2D eigenvalue weighted by molar-refractivity contribution is 6.33. The first-order valence-electron chi connectivity index (χ1n) is 13.7. The Morgan fingerprint density at radius 2 is 1.98 bits per heavy atom. The number of hydrogen-bond donors (Lipinski definition) is 1. The molecule has 0 radical (unpaired) electrons. The zero-order chi connectivity index (χ0) is 30.8. The fourth-order valence-corrected chi connectivity index (χ4v) is 5.20. The van der Waals surface area contributed by atoms with Crippen molar-refractivity contribution in [3.8, 4) is 22.8 Å². The van der Waals surface area contributed by atoms with Gasteiger partial charge in [0.25, 0.3) is 0 Å². The molecule has 11 nitrogen and oxygen atoms in total. The lowest BCUT2D eigenvalue weighted by molar-refractivity contribution is -0.142. The molecule has 1 N–H and O–H groups in total. The molecular weight excluding hydrogens is 579 g/mol. The Balaban J connectivity index is 1.79. The number of esters is 1. The number of aromatic nitrogens is 4. The van der Waals surface area contributed by atoms with Crippen molar-refractivity contribution >= 4 is 34.7 Å². The quantitative estimate of drug-likeness (QED) is 0.312. The summed E-state index contributed by atoms with van der Waals surface area (Å²) < 4.78 is 27.1. The highest BCUT2D eigenvalue weighted by Crippen LogP contribution is 2.35. The molecule has 1 aromatic carbocycles. The van der Waals surface area contributed by atoms with Gasteiger partial charge in [-0.15, -0.1) is 0 Å². The number of rotatable bonds is 6. The number of nitrogens with zero attached hydrogens (tertiary/aromatic N) is 5. The molecule has 1 aliphatic heterocycles. The van der Waals surface area contributed by atoms with E-state index in [2.05, 4.69) is 20.3 Å². The van der Waals surface area contributed by atoms with E-state index in [1.54, 1.807) is 18.3 Å². The molecule has 1 saturated heterocycles. The number of piperazine rings is 1. The Morgan fingerprint density at radius 1 is 1.21 bits per heavy atom. The van der Waals surface area contributed by atoms with Crippen LogP contribution >= 0.6 is 11.6 Å². The number of amides is 1. The smallest absolute Gasteiger partial charge is 0.416 e. The van der Waals surface area contributed by atoms with E-state index in [4.69, 9.17) is 21.1 Å². The Hall–Kier alpha value is -4.42. The molecule has 1 amide bonds. The van der Waals surface area contributed by atoms with Gasteiger partial charge in [-0.1, -0.05) is 37.6 Å². The van der Waals surface area contributed by atoms with E-state index >= 15 is 0 Å². The van der Waals surface area contributed by atoms with Crippen LogP contribution in [0.25, 0.3) is 28.0 Å². The Kier molecular flexibility index (Phi) is 8.69. The van der Waals surface area contributed by atoms with Gasteiger partial charge in [-0.25, -0.2) is 23.5 Å². The van der Waals surface area contributed by atoms with Crippen LogP contribution in [0.15, 0.2) is 47.4 Å². The van der Waals surface area contributed by atoms with Gasteiger partial charge < -0.3 is 19.7 Å². The van der Waals surface area contributed by atoms with Gasteiger partial charge >= 0.3 is 17.8 Å². The minimum absolute atomic E-state index is 0.00175. The maximum absolute atomic E-state index is 14.9. The molecule has 1 aliphatic rings. The van der Waals surface area contributed by atoms with Crippen molar-refractivity contribution in [3.63, 3.8) is 0 Å². The predicted octanol–water partition coefficient (Wildman–Crippen LogP) is 4.61. The van der Waals surface area contributed by atoms with Crippen molar-refractivity contribution in [2.75, 3.05) is 19.6 Å². The van der Waals surface area contributed by atoms with E-state index < -0.39 is 23.6 Å². The number of carbonyl (C=O) groups excluding carboxylic acids is 2. The van der Waals surface area contributed by atoms with Gasteiger partial charge in [-0.2, -0.15) is 4.98 Å². The van der Waals surface area contributed by atoms with E-state index in [1.165, 1.54) is 40.7 Å². The van der Waals surface area contributed by atoms with E-state index in [-0.39, 0.29) is 51.8 Å². The zero-order valence-corrected chi connectivity index (χ0v) is 24.8. The molecule has 224 valence electrons. The molecule has 3 aromatic heterocycles. The summed E-state index contributed by atoms with van der Waals surface area (Å²) >= 11 is 6.65. The Labute approximate surface area is 251 Å². The van der Waals surface area contributed by atoms with E-state index in [9.17, 15) is 18.8 Å². The highest BCUT2D eigenvalue weighted by atomic mass is 35.5. The van der Waals surface area contributed by atoms with Crippen molar-refractivity contribution in [2.45, 2.75) is 46.3 Å². The van der Waals surface area contributed by atoms with E-state index in [0.29, 0.717) is 36.6 Å². The highest BCUT2D eigenvalue weighted by Gasteiger charge is 2.27. The van der Waals surface area contributed by atoms with E-state index in [0.717, 1.165) is 0 Å². The second-order valence-corrected chi connectivity index (χ2v) is 10.9. The summed E-state index contributed by atoms with van der Waals surface area (Å²) in [6.07, 6.45) is 0.867. The normalized spacial score (nSPS) is 15.1. The van der Waals surface area contributed by atoms with Crippen LogP contribution < -0.4 is 15.7 Å². The topological polar surface area (TPSA) is 129 Å². The van der Waals surface area contributed by atoms with E-state index in [1.807, 2.05) is 20.8 Å². The van der Waals surface area contributed by atoms with Crippen LogP contribution in [-0.4, -0.2) is 62.2 Å². The predicted molar refractivity (Wildman–Crippen MR) is 158 cm³/mol. The van der Waals surface area contributed by atoms with Crippen LogP contribution in [-0.2, 0) is 16.1 Å². The first-order valence-corrected chi connectivity index (χ1v) is 14.1. The van der Waals surface area contributed by atoms with Crippen LogP contribution in [0.3, 0.4) is 0 Å². The molecule has 4 aromatic rings. The van der Waals surface area contributed by atoms with Gasteiger partial charge in [0.2, 0.25) is 5.88 Å². The number of hydrogen-bond acceptors (Lipinski definition) is 9. The average Bonchev–Trinajstić information content (AvgIpc) is 2.96. The summed E-state index contributed by atoms with van der Waals surface area (Å²) in [5.74, 6) is -1.56. The summed E-state index contributed by atoms with van der Waals surface area (Å²) in [6, 6.07) is 9.07. The van der Waals surface area contributed by atoms with Crippen molar-refractivity contribution in [1.82, 2.24) is 29.7 Å². The van der Waals surface area contributed by atoms with Gasteiger partial charge in [0.15, 0.2) is 5.65 Å². The third-order valence-corrected chi connectivity index (χ3v) is 7.25. The molecule has 1 atom stereocenters. The summed E-state index contributed by atoms with van der Waals surface area (Å²) in [5.41, 5.74) is 0.589. The number of nitrogens with one attached hydrogen (secondary N) is 1. The molecule has 4 heterocycles. The fraction of sp³-hybridized carbons (Fsp3) is 0.333. The molecule has 0 spiro atoms. The van der Waals surface area contributed by atoms with Crippen LogP contribution in [0.2, 0.25) is 5.02 Å². The van der Waals surface area contributed by atoms with Crippen LogP contribution in [0.1, 0.15) is 44.9 Å². The van der Waals surface area contributed by atoms with Crippen LogP contribution in [0.5, 0.6) is 5.88 Å². The van der Waals surface area contributed by atoms with Gasteiger partial charge in [-0.05, 0) is 37.1 Å². The summed E-state index contributed by atoms with van der Waals surface area (Å²) in [4.78, 5) is 53.6. The molecule has 43 heavy (non-hydrogen) atoms. The summed E-state index contributed by atoms with van der Waals surface area (Å²) in [6.45, 7) is 8.22. The minimum Gasteiger partial charge on any atom is -0.461 e. The van der Waals surface area contributed by atoms with Crippen LogP contribution in [0.4, 0.5) is 9.18 Å². The molecular formula is C30H30ClFN6O5. The van der Waals surface area contributed by atoms with Crippen molar-refractivity contribution in [1.29, 1.82) is 0 Å². The molecule has 13 heteroatoms. The maximum atomic E-state index is 14.9. The lowest BCUT2D eigenvalue weighted by Crippen LogP contribution is -2.52. The molecule has 1 fully saturated rings. The maximum Gasteiger partial charge on any atom is 0.416 e. The number of benzene rings is 1. The molecule has 0 bridgehead atoms. The van der Waals surface area contributed by atoms with Crippen molar-refractivity contribution in [2.24, 2.45) is 0 Å². The van der Waals surface area contributed by atoms with Gasteiger partial charge in [0, 0.05) is 49.9 Å². The molecule has 0 aliphatic carbocycles. The number of fused-ring (bicyclic) bond motifs is 1. The fourth-order valence-electron chi connectivity index (χ4n) is 4.95. The van der Waals surface area contributed by atoms with Crippen molar-refractivity contribution < 1.29 is 23.5 Å². The number of pyridine rings is 2. The molecule has 0 saturated carbocycles. The first kappa shape index (κ1) is 30.1. The Morgan fingerprint density at radius 3 is 2.67 bits per heavy atom. The average molecular weight is 609 g/mol. The summed E-state index contributed by atoms with van der Waals surface area (Å²) in [5, 5.41) is 3.44. The largest absolute Gasteiger partial charge is 0.461 e.